The molecule has 9 heteroatoms. The summed E-state index contributed by atoms with van der Waals surface area (Å²) in [5, 5.41) is 18.9. The van der Waals surface area contributed by atoms with Crippen LogP contribution in [-0.2, 0) is 0 Å². The first-order chi connectivity index (χ1) is 5.11. The summed E-state index contributed by atoms with van der Waals surface area (Å²) in [6, 6.07) is 0. The molecular formula is C2H3N5O4. The summed E-state index contributed by atoms with van der Waals surface area (Å²) < 4.78 is 0. The fourth-order valence-electron chi connectivity index (χ4n) is 0.480. The van der Waals surface area contributed by atoms with Crippen LogP contribution in [0.25, 0.3) is 0 Å². The van der Waals surface area contributed by atoms with E-state index in [4.69, 9.17) is 0 Å². The Bertz CT molecular complexity index is 203. The maximum Gasteiger partial charge on any atom is 0.182 e. The van der Waals surface area contributed by atoms with Crippen LogP contribution in [0.1, 0.15) is 0 Å². The standard InChI is InChI=1S/C2H3N5O4/c8-6(9)4-1-2-5(3-4)7(10)11/h1-3H. The molecule has 0 aromatic heterocycles. The number of rotatable bonds is 2. The molecule has 0 amide bonds. The Balaban J connectivity index is 2.56. The molecule has 11 heavy (non-hydrogen) atoms. The van der Waals surface area contributed by atoms with Gasteiger partial charge in [-0.1, -0.05) is 0 Å². The van der Waals surface area contributed by atoms with Crippen molar-refractivity contribution in [1.29, 1.82) is 0 Å². The fourth-order valence-corrected chi connectivity index (χ4v) is 0.480. The average molecular weight is 161 g/mol. The van der Waals surface area contributed by atoms with Crippen LogP contribution >= 0.6 is 0 Å². The number of hydrazine groups is 4. The van der Waals surface area contributed by atoms with E-state index in [2.05, 4.69) is 0 Å². The Kier molecular flexibility index (Phi) is 1.56. The third-order valence-corrected chi connectivity index (χ3v) is 0.906. The summed E-state index contributed by atoms with van der Waals surface area (Å²) in [4.78, 5) is 19.9. The highest BCUT2D eigenvalue weighted by molar-refractivity contribution is 4.76. The second-order valence-electron chi connectivity index (χ2n) is 1.56. The first-order valence-corrected chi connectivity index (χ1v) is 2.43. The maximum atomic E-state index is 9.94. The van der Waals surface area contributed by atoms with E-state index >= 15 is 0 Å². The lowest BCUT2D eigenvalue weighted by atomic mass is 10.9. The predicted molar refractivity (Wildman–Crippen MR) is 29.9 cm³/mol. The third-order valence-electron chi connectivity index (χ3n) is 0.906. The lowest BCUT2D eigenvalue weighted by Crippen LogP contribution is -2.44. The van der Waals surface area contributed by atoms with Crippen molar-refractivity contribution in [2.45, 2.75) is 0 Å². The van der Waals surface area contributed by atoms with Crippen LogP contribution in [0.2, 0.25) is 0 Å². The van der Waals surface area contributed by atoms with Crippen LogP contribution in [-0.4, -0.2) is 20.3 Å². The smallest absolute Gasteiger partial charge is 0.182 e. The summed E-state index contributed by atoms with van der Waals surface area (Å²) in [6.45, 7) is 0. The molecule has 1 rings (SSSR count). The number of nitrogens with zero attached hydrogens (tertiary/aromatic N) is 4. The molecule has 0 saturated heterocycles. The molecule has 1 aliphatic heterocycles. The Hall–Kier alpha value is -1.90. The van der Waals surface area contributed by atoms with Crippen LogP contribution in [0.3, 0.4) is 0 Å². The molecule has 0 atom stereocenters. The van der Waals surface area contributed by atoms with E-state index in [-0.39, 0.29) is 0 Å². The van der Waals surface area contributed by atoms with Gasteiger partial charge >= 0.3 is 0 Å². The number of nitrogens with one attached hydrogen (secondary N) is 1. The van der Waals surface area contributed by atoms with Gasteiger partial charge in [0.1, 0.15) is 12.4 Å². The van der Waals surface area contributed by atoms with Gasteiger partial charge in [-0.25, -0.2) is 20.2 Å². The maximum absolute atomic E-state index is 9.94. The van der Waals surface area contributed by atoms with E-state index in [1.54, 1.807) is 0 Å². The van der Waals surface area contributed by atoms with Crippen LogP contribution in [0.5, 0.6) is 0 Å². The summed E-state index contributed by atoms with van der Waals surface area (Å²) in [5.74, 6) is 0. The molecule has 0 fully saturated rings. The van der Waals surface area contributed by atoms with Gasteiger partial charge in [0.05, 0.1) is 0 Å². The van der Waals surface area contributed by atoms with Crippen LogP contribution in [0.15, 0.2) is 12.4 Å². The zero-order valence-electron chi connectivity index (χ0n) is 5.08. The van der Waals surface area contributed by atoms with Gasteiger partial charge in [0.15, 0.2) is 10.1 Å². The molecule has 0 aromatic rings. The fraction of sp³-hybridized carbons (Fsp3) is 0. The molecule has 0 bridgehead atoms. The summed E-state index contributed by atoms with van der Waals surface area (Å²) in [7, 11) is 0. The van der Waals surface area contributed by atoms with Crippen LogP contribution in [0, 0.1) is 20.2 Å². The number of hydrogen-bond donors (Lipinski definition) is 1. The lowest BCUT2D eigenvalue weighted by molar-refractivity contribution is -0.711. The number of hydrogen-bond acceptors (Lipinski definition) is 5. The lowest BCUT2D eigenvalue weighted by Gasteiger charge is -2.05. The van der Waals surface area contributed by atoms with Gasteiger partial charge in [0, 0.05) is 0 Å². The molecule has 0 saturated carbocycles. The van der Waals surface area contributed by atoms with Crippen molar-refractivity contribution in [1.82, 2.24) is 15.8 Å². The molecule has 1 aliphatic rings. The van der Waals surface area contributed by atoms with Gasteiger partial charge in [-0.3, -0.25) is 0 Å². The van der Waals surface area contributed by atoms with Gasteiger partial charge in [-0.15, -0.1) is 0 Å². The predicted octanol–water partition coefficient (Wildman–Crippen LogP) is -1.12. The molecular weight excluding hydrogens is 158 g/mol. The van der Waals surface area contributed by atoms with E-state index < -0.39 is 10.1 Å². The van der Waals surface area contributed by atoms with Crippen molar-refractivity contribution in [2.24, 2.45) is 0 Å². The minimum Gasteiger partial charge on any atom is -0.233 e. The van der Waals surface area contributed by atoms with E-state index in [1.807, 2.05) is 5.53 Å². The Morgan fingerprint density at radius 1 is 1.09 bits per heavy atom. The zero-order valence-corrected chi connectivity index (χ0v) is 5.08. The molecule has 1 heterocycles. The quantitative estimate of drug-likeness (QED) is 0.403. The average Bonchev–Trinajstić information content (AvgIpc) is 2.33. The van der Waals surface area contributed by atoms with Gasteiger partial charge in [-0.2, -0.15) is 0 Å². The molecule has 0 radical (unpaired) electrons. The van der Waals surface area contributed by atoms with Crippen molar-refractivity contribution in [3.63, 3.8) is 0 Å². The highest BCUT2D eigenvalue weighted by Gasteiger charge is 2.26. The summed E-state index contributed by atoms with van der Waals surface area (Å²) in [6.07, 6.45) is 1.84. The van der Waals surface area contributed by atoms with E-state index in [1.165, 1.54) is 0 Å². The number of nitro groups is 2. The highest BCUT2D eigenvalue weighted by atomic mass is 16.7. The third kappa shape index (κ3) is 1.32. The van der Waals surface area contributed by atoms with Gasteiger partial charge in [0.25, 0.3) is 0 Å². The van der Waals surface area contributed by atoms with E-state index in [9.17, 15) is 20.2 Å². The SMILES string of the molecule is O=[N+]([O-])N1C=CN([N+](=O)[O-])N1. The van der Waals surface area contributed by atoms with Crippen molar-refractivity contribution >= 4 is 0 Å². The van der Waals surface area contributed by atoms with Crippen molar-refractivity contribution in [3.05, 3.63) is 32.6 Å². The van der Waals surface area contributed by atoms with Crippen molar-refractivity contribution in [3.8, 4) is 0 Å². The topological polar surface area (TPSA) is 105 Å². The largest absolute Gasteiger partial charge is 0.233 e. The van der Waals surface area contributed by atoms with Crippen molar-refractivity contribution < 1.29 is 10.1 Å². The highest BCUT2D eigenvalue weighted by Crippen LogP contribution is 1.98. The molecule has 0 unspecified atom stereocenters. The van der Waals surface area contributed by atoms with E-state index in [0.717, 1.165) is 12.4 Å². The summed E-state index contributed by atoms with van der Waals surface area (Å²) in [5.41, 5.74) is 1.85. The molecule has 9 nitrogen and oxygen atoms in total. The van der Waals surface area contributed by atoms with Crippen LogP contribution in [0.4, 0.5) is 0 Å². The first-order valence-electron chi connectivity index (χ1n) is 2.43. The molecule has 0 spiro atoms. The molecule has 0 aliphatic carbocycles. The van der Waals surface area contributed by atoms with Gasteiger partial charge in [0.2, 0.25) is 0 Å². The normalized spacial score (nSPS) is 15.6. The second kappa shape index (κ2) is 2.38. The Labute approximate surface area is 59.7 Å². The zero-order chi connectivity index (χ0) is 8.43. The summed E-state index contributed by atoms with van der Waals surface area (Å²) >= 11 is 0. The van der Waals surface area contributed by atoms with Gasteiger partial charge in [-0.05, 0) is 15.8 Å². The molecule has 60 valence electrons. The second-order valence-corrected chi connectivity index (χ2v) is 1.56. The monoisotopic (exact) mass is 161 g/mol. The minimum absolute atomic E-state index is 0.364. The van der Waals surface area contributed by atoms with Gasteiger partial charge < -0.3 is 0 Å². The first kappa shape index (κ1) is 7.21. The van der Waals surface area contributed by atoms with E-state index in [0.29, 0.717) is 10.2 Å². The minimum atomic E-state index is -0.833. The van der Waals surface area contributed by atoms with Crippen LogP contribution < -0.4 is 5.53 Å². The molecule has 1 N–H and O–H groups in total. The van der Waals surface area contributed by atoms with Crippen molar-refractivity contribution in [2.75, 3.05) is 0 Å². The Morgan fingerprint density at radius 2 is 1.45 bits per heavy atom. The Morgan fingerprint density at radius 3 is 1.64 bits per heavy atom. The molecule has 0 aromatic carbocycles.